The van der Waals surface area contributed by atoms with Crippen molar-refractivity contribution < 1.29 is 40.2 Å². The molecule has 1 aromatic heterocycles. The molecule has 0 saturated carbocycles. The van der Waals surface area contributed by atoms with Gasteiger partial charge in [0.1, 0.15) is 11.6 Å². The van der Waals surface area contributed by atoms with Crippen molar-refractivity contribution in [3.63, 3.8) is 0 Å². The summed E-state index contributed by atoms with van der Waals surface area (Å²) in [7, 11) is 0. The number of aliphatic hydroxyl groups excluding tert-OH is 1. The molecule has 0 bridgehead atoms. The Hall–Kier alpha value is -3.05. The maximum atomic E-state index is 14.4. The van der Waals surface area contributed by atoms with Crippen LogP contribution in [0.15, 0.2) is 66.9 Å². The molecular weight excluding hydrogens is 484 g/mol. The first-order valence-electron chi connectivity index (χ1n) is 10.3. The highest BCUT2D eigenvalue weighted by molar-refractivity contribution is 5.42. The highest BCUT2D eigenvalue weighted by atomic mass is 19.4. The van der Waals surface area contributed by atoms with Crippen molar-refractivity contribution in [1.29, 1.82) is 0 Å². The molecule has 3 rings (SSSR count). The molecule has 0 saturated heterocycles. The van der Waals surface area contributed by atoms with Gasteiger partial charge >= 0.3 is 12.4 Å². The number of aliphatic hydroxyl groups is 1. The van der Waals surface area contributed by atoms with Crippen LogP contribution in [0.2, 0.25) is 0 Å². The fourth-order valence-corrected chi connectivity index (χ4v) is 3.77. The van der Waals surface area contributed by atoms with E-state index in [1.165, 1.54) is 6.07 Å². The van der Waals surface area contributed by atoms with Gasteiger partial charge in [-0.2, -0.15) is 26.3 Å². The monoisotopic (exact) mass is 504 g/mol. The number of hydrogen-bond donors (Lipinski definition) is 2. The average molecular weight is 504 g/mol. The van der Waals surface area contributed by atoms with E-state index in [1.54, 1.807) is 30.3 Å². The largest absolute Gasteiger partial charge is 0.416 e. The fourth-order valence-electron chi connectivity index (χ4n) is 3.77. The Kier molecular flexibility index (Phi) is 7.80. The van der Waals surface area contributed by atoms with Crippen molar-refractivity contribution >= 4 is 0 Å². The SMILES string of the molecule is O[C@H](CNCC(Cc1ccccc1)(c1cc(F)cc(C(F)(F)F)c1)c1ccc(F)cn1)C(F)(F)F. The second-order valence-corrected chi connectivity index (χ2v) is 8.02. The molecule has 1 heterocycles. The molecule has 0 radical (unpaired) electrons. The first kappa shape index (κ1) is 26.6. The van der Waals surface area contributed by atoms with Gasteiger partial charge in [0.2, 0.25) is 0 Å². The Morgan fingerprint density at radius 3 is 2.06 bits per heavy atom. The van der Waals surface area contributed by atoms with Gasteiger partial charge in [-0.05, 0) is 47.9 Å². The summed E-state index contributed by atoms with van der Waals surface area (Å²) in [6.45, 7) is -1.46. The molecule has 0 aliphatic carbocycles. The third-order valence-corrected chi connectivity index (χ3v) is 5.49. The molecule has 1 unspecified atom stereocenters. The Bertz CT molecular complexity index is 1120. The van der Waals surface area contributed by atoms with Gasteiger partial charge in [0, 0.05) is 13.1 Å². The van der Waals surface area contributed by atoms with Crippen molar-refractivity contribution in [2.75, 3.05) is 13.1 Å². The number of nitrogens with zero attached hydrogens (tertiary/aromatic N) is 1. The van der Waals surface area contributed by atoms with Gasteiger partial charge in [0.05, 0.1) is 22.9 Å². The minimum atomic E-state index is -4.94. The van der Waals surface area contributed by atoms with E-state index in [0.717, 1.165) is 18.3 Å². The van der Waals surface area contributed by atoms with E-state index in [1.807, 2.05) is 0 Å². The van der Waals surface area contributed by atoms with E-state index in [2.05, 4.69) is 10.3 Å². The van der Waals surface area contributed by atoms with Crippen molar-refractivity contribution in [2.24, 2.45) is 0 Å². The van der Waals surface area contributed by atoms with Crippen LogP contribution in [0.1, 0.15) is 22.4 Å². The van der Waals surface area contributed by atoms with Crippen molar-refractivity contribution in [2.45, 2.75) is 30.3 Å². The Morgan fingerprint density at radius 2 is 1.49 bits per heavy atom. The molecule has 0 spiro atoms. The van der Waals surface area contributed by atoms with E-state index < -0.39 is 54.2 Å². The van der Waals surface area contributed by atoms with Gasteiger partial charge in [-0.3, -0.25) is 4.98 Å². The molecule has 11 heteroatoms. The summed E-state index contributed by atoms with van der Waals surface area (Å²) >= 11 is 0. The number of aromatic nitrogens is 1. The van der Waals surface area contributed by atoms with Crippen molar-refractivity contribution in [1.82, 2.24) is 10.3 Å². The average Bonchev–Trinajstić information content (AvgIpc) is 2.78. The Balaban J connectivity index is 2.19. The highest BCUT2D eigenvalue weighted by Gasteiger charge is 2.41. The van der Waals surface area contributed by atoms with E-state index in [-0.39, 0.29) is 17.7 Å². The van der Waals surface area contributed by atoms with E-state index in [0.29, 0.717) is 17.7 Å². The summed E-state index contributed by atoms with van der Waals surface area (Å²) in [5.41, 5.74) is -2.66. The van der Waals surface area contributed by atoms with Crippen molar-refractivity contribution in [3.8, 4) is 0 Å². The molecule has 2 aromatic carbocycles. The number of rotatable bonds is 8. The lowest BCUT2D eigenvalue weighted by Crippen LogP contribution is -2.46. The number of benzene rings is 2. The zero-order valence-electron chi connectivity index (χ0n) is 18.0. The zero-order valence-corrected chi connectivity index (χ0v) is 18.0. The Morgan fingerprint density at radius 1 is 0.829 bits per heavy atom. The van der Waals surface area contributed by atoms with Crippen molar-refractivity contribution in [3.05, 3.63) is 101 Å². The van der Waals surface area contributed by atoms with Gasteiger partial charge < -0.3 is 10.4 Å². The molecule has 35 heavy (non-hydrogen) atoms. The second kappa shape index (κ2) is 10.3. The summed E-state index contributed by atoms with van der Waals surface area (Å²) in [5, 5.41) is 11.8. The molecule has 2 atom stereocenters. The number of halogens is 8. The molecule has 0 fully saturated rings. The third-order valence-electron chi connectivity index (χ3n) is 5.49. The Labute approximate surface area is 195 Å². The second-order valence-electron chi connectivity index (χ2n) is 8.02. The van der Waals surface area contributed by atoms with Gasteiger partial charge in [-0.1, -0.05) is 30.3 Å². The third kappa shape index (κ3) is 6.55. The number of alkyl halides is 6. The number of pyridine rings is 1. The predicted octanol–water partition coefficient (Wildman–Crippen LogP) is 5.42. The minimum absolute atomic E-state index is 0.00419. The van der Waals surface area contributed by atoms with E-state index >= 15 is 0 Å². The van der Waals surface area contributed by atoms with Crippen LogP contribution in [0, 0.1) is 11.6 Å². The van der Waals surface area contributed by atoms with Crippen LogP contribution in [0.5, 0.6) is 0 Å². The fraction of sp³-hybridized carbons (Fsp3) is 0.292. The molecule has 0 aliphatic heterocycles. The first-order chi connectivity index (χ1) is 16.3. The predicted molar refractivity (Wildman–Crippen MR) is 111 cm³/mol. The summed E-state index contributed by atoms with van der Waals surface area (Å²) in [6.07, 6.45) is -11.9. The standard InChI is InChI=1S/C24H20F8N2O/c25-18-6-7-20(34-12-18)22(11-15-4-2-1-3-5-15,14-33-13-21(35)24(30,31)32)16-8-17(23(27,28)29)10-19(26)9-16/h1-10,12,21,33,35H,11,13-14H2/t21-,22?/m1/s1. The summed E-state index contributed by atoms with van der Waals surface area (Å²) in [4.78, 5) is 3.99. The lowest BCUT2D eigenvalue weighted by atomic mass is 9.72. The van der Waals surface area contributed by atoms with Crippen LogP contribution < -0.4 is 5.32 Å². The normalized spacial score (nSPS) is 15.0. The van der Waals surface area contributed by atoms with Crippen LogP contribution in [0.3, 0.4) is 0 Å². The van der Waals surface area contributed by atoms with Gasteiger partial charge in [0.25, 0.3) is 0 Å². The number of nitrogens with one attached hydrogen (secondary N) is 1. The van der Waals surface area contributed by atoms with E-state index in [9.17, 15) is 40.2 Å². The van der Waals surface area contributed by atoms with Gasteiger partial charge in [-0.15, -0.1) is 0 Å². The van der Waals surface area contributed by atoms with Gasteiger partial charge in [0.15, 0.2) is 6.10 Å². The maximum Gasteiger partial charge on any atom is 0.416 e. The summed E-state index contributed by atoms with van der Waals surface area (Å²) in [5.74, 6) is -1.97. The molecule has 0 aliphatic rings. The number of hydrogen-bond acceptors (Lipinski definition) is 3. The topological polar surface area (TPSA) is 45.1 Å². The van der Waals surface area contributed by atoms with E-state index in [4.69, 9.17) is 0 Å². The van der Waals surface area contributed by atoms with Crippen LogP contribution in [-0.2, 0) is 18.0 Å². The minimum Gasteiger partial charge on any atom is -0.382 e. The lowest BCUT2D eigenvalue weighted by molar-refractivity contribution is -0.201. The molecular formula is C24H20F8N2O. The van der Waals surface area contributed by atoms with Crippen LogP contribution >= 0.6 is 0 Å². The zero-order chi connectivity index (χ0) is 25.9. The quantitative estimate of drug-likeness (QED) is 0.403. The smallest absolute Gasteiger partial charge is 0.382 e. The van der Waals surface area contributed by atoms with Crippen LogP contribution in [-0.4, -0.2) is 35.5 Å². The summed E-state index contributed by atoms with van der Waals surface area (Å²) in [6, 6.07) is 12.2. The molecule has 2 N–H and O–H groups in total. The molecule has 3 aromatic rings. The molecule has 188 valence electrons. The van der Waals surface area contributed by atoms with Gasteiger partial charge in [-0.25, -0.2) is 8.78 Å². The highest BCUT2D eigenvalue weighted by Crippen LogP contribution is 2.39. The van der Waals surface area contributed by atoms with Crippen LogP contribution in [0.4, 0.5) is 35.1 Å². The van der Waals surface area contributed by atoms with Crippen LogP contribution in [0.25, 0.3) is 0 Å². The molecule has 3 nitrogen and oxygen atoms in total. The molecule has 0 amide bonds. The lowest BCUT2D eigenvalue weighted by Gasteiger charge is -2.35. The first-order valence-corrected chi connectivity index (χ1v) is 10.3. The summed E-state index contributed by atoms with van der Waals surface area (Å²) < 4.78 is 107. The maximum absolute atomic E-state index is 14.4.